The van der Waals surface area contributed by atoms with Crippen LogP contribution in [0.5, 0.6) is 5.75 Å². The van der Waals surface area contributed by atoms with Crippen LogP contribution in [0.4, 0.5) is 0 Å². The van der Waals surface area contributed by atoms with Crippen LogP contribution < -0.4 is 4.74 Å². The zero-order valence-corrected chi connectivity index (χ0v) is 14.4. The minimum absolute atomic E-state index is 0.393. The minimum atomic E-state index is 0.393. The summed E-state index contributed by atoms with van der Waals surface area (Å²) in [5, 5.41) is 6.92. The third kappa shape index (κ3) is 3.12. The predicted octanol–water partition coefficient (Wildman–Crippen LogP) is 4.25. The van der Waals surface area contributed by atoms with Crippen LogP contribution in [0.1, 0.15) is 36.7 Å². The number of H-pyrrole nitrogens is 1. The number of aromatic nitrogens is 3. The van der Waals surface area contributed by atoms with Crippen molar-refractivity contribution in [3.63, 3.8) is 0 Å². The van der Waals surface area contributed by atoms with Crippen molar-refractivity contribution in [3.8, 4) is 5.75 Å². The SMILES string of the molecule is Cc1cc(OCc2n[nH]c(=S)n2C)c(C(C)C)cc1Br. The topological polar surface area (TPSA) is 42.8 Å². The van der Waals surface area contributed by atoms with E-state index in [2.05, 4.69) is 59.0 Å². The van der Waals surface area contributed by atoms with E-state index in [0.29, 0.717) is 17.3 Å². The Morgan fingerprint density at radius 1 is 1.45 bits per heavy atom. The summed E-state index contributed by atoms with van der Waals surface area (Å²) in [7, 11) is 1.88. The van der Waals surface area contributed by atoms with E-state index < -0.39 is 0 Å². The average molecular weight is 356 g/mol. The van der Waals surface area contributed by atoms with Crippen molar-refractivity contribution in [1.29, 1.82) is 0 Å². The Kier molecular flexibility index (Phi) is 4.65. The molecule has 0 unspecified atom stereocenters. The molecule has 0 bridgehead atoms. The van der Waals surface area contributed by atoms with E-state index in [9.17, 15) is 0 Å². The van der Waals surface area contributed by atoms with Gasteiger partial charge in [0.25, 0.3) is 0 Å². The van der Waals surface area contributed by atoms with E-state index in [4.69, 9.17) is 17.0 Å². The maximum Gasteiger partial charge on any atom is 0.194 e. The van der Waals surface area contributed by atoms with Gasteiger partial charge in [-0.1, -0.05) is 29.8 Å². The predicted molar refractivity (Wildman–Crippen MR) is 85.7 cm³/mol. The summed E-state index contributed by atoms with van der Waals surface area (Å²) in [5.41, 5.74) is 2.33. The van der Waals surface area contributed by atoms with Gasteiger partial charge in [-0.15, -0.1) is 0 Å². The third-order valence-corrected chi connectivity index (χ3v) is 4.46. The molecule has 108 valence electrons. The molecule has 2 rings (SSSR count). The lowest BCUT2D eigenvalue weighted by Crippen LogP contribution is -2.06. The zero-order chi connectivity index (χ0) is 14.9. The maximum atomic E-state index is 5.94. The van der Waals surface area contributed by atoms with Gasteiger partial charge >= 0.3 is 0 Å². The number of aromatic amines is 1. The van der Waals surface area contributed by atoms with E-state index in [1.54, 1.807) is 0 Å². The molecular formula is C14H18BrN3OS. The summed E-state index contributed by atoms with van der Waals surface area (Å²) >= 11 is 8.66. The van der Waals surface area contributed by atoms with Gasteiger partial charge < -0.3 is 9.30 Å². The van der Waals surface area contributed by atoms with Gasteiger partial charge in [0.05, 0.1) is 0 Å². The van der Waals surface area contributed by atoms with Gasteiger partial charge in [-0.05, 0) is 48.3 Å². The van der Waals surface area contributed by atoms with Gasteiger partial charge in [0.15, 0.2) is 10.6 Å². The number of nitrogens with one attached hydrogen (secondary N) is 1. The molecule has 0 aliphatic carbocycles. The van der Waals surface area contributed by atoms with Crippen molar-refractivity contribution >= 4 is 28.1 Å². The Labute approximate surface area is 132 Å². The molecule has 0 atom stereocenters. The van der Waals surface area contributed by atoms with Crippen molar-refractivity contribution in [2.24, 2.45) is 7.05 Å². The second-order valence-corrected chi connectivity index (χ2v) is 6.33. The Morgan fingerprint density at radius 3 is 2.70 bits per heavy atom. The first-order valence-corrected chi connectivity index (χ1v) is 7.63. The highest BCUT2D eigenvalue weighted by Crippen LogP contribution is 2.32. The van der Waals surface area contributed by atoms with Crippen LogP contribution in [0.15, 0.2) is 16.6 Å². The summed E-state index contributed by atoms with van der Waals surface area (Å²) in [6.45, 7) is 6.75. The highest BCUT2D eigenvalue weighted by Gasteiger charge is 2.12. The van der Waals surface area contributed by atoms with Crippen LogP contribution >= 0.6 is 28.1 Å². The summed E-state index contributed by atoms with van der Waals surface area (Å²) in [6.07, 6.45) is 0. The molecule has 1 aromatic heterocycles. The van der Waals surface area contributed by atoms with Gasteiger partial charge in [0.1, 0.15) is 12.4 Å². The van der Waals surface area contributed by atoms with Gasteiger partial charge in [0.2, 0.25) is 0 Å². The van der Waals surface area contributed by atoms with E-state index in [0.717, 1.165) is 21.6 Å². The van der Waals surface area contributed by atoms with Crippen molar-refractivity contribution in [1.82, 2.24) is 14.8 Å². The van der Waals surface area contributed by atoms with E-state index in [1.807, 2.05) is 11.6 Å². The number of hydrogen-bond acceptors (Lipinski definition) is 3. The molecular weight excluding hydrogens is 338 g/mol. The monoisotopic (exact) mass is 355 g/mol. The largest absolute Gasteiger partial charge is 0.485 e. The molecule has 0 saturated carbocycles. The number of rotatable bonds is 4. The summed E-state index contributed by atoms with van der Waals surface area (Å²) in [4.78, 5) is 0. The fourth-order valence-electron chi connectivity index (χ4n) is 1.90. The summed E-state index contributed by atoms with van der Waals surface area (Å²) < 4.78 is 9.46. The van der Waals surface area contributed by atoms with E-state index in [-0.39, 0.29) is 0 Å². The summed E-state index contributed by atoms with van der Waals surface area (Å²) in [6, 6.07) is 4.18. The minimum Gasteiger partial charge on any atom is -0.485 e. The van der Waals surface area contributed by atoms with Crippen molar-refractivity contribution in [3.05, 3.63) is 38.3 Å². The van der Waals surface area contributed by atoms with Gasteiger partial charge in [-0.25, -0.2) is 0 Å². The van der Waals surface area contributed by atoms with E-state index >= 15 is 0 Å². The molecule has 1 aromatic carbocycles. The number of hydrogen-bond donors (Lipinski definition) is 1. The van der Waals surface area contributed by atoms with E-state index in [1.165, 1.54) is 5.56 Å². The molecule has 4 nitrogen and oxygen atoms in total. The molecule has 0 aliphatic heterocycles. The van der Waals surface area contributed by atoms with Crippen molar-refractivity contribution in [2.45, 2.75) is 33.3 Å². The number of halogens is 1. The first-order valence-electron chi connectivity index (χ1n) is 6.43. The summed E-state index contributed by atoms with van der Waals surface area (Å²) in [5.74, 6) is 2.07. The molecule has 0 fully saturated rings. The lowest BCUT2D eigenvalue weighted by Gasteiger charge is -2.15. The smallest absolute Gasteiger partial charge is 0.194 e. The first-order chi connectivity index (χ1) is 9.40. The molecule has 0 spiro atoms. The quantitative estimate of drug-likeness (QED) is 0.833. The Bertz CT molecular complexity index is 676. The van der Waals surface area contributed by atoms with Crippen molar-refractivity contribution < 1.29 is 4.74 Å². The zero-order valence-electron chi connectivity index (χ0n) is 12.0. The van der Waals surface area contributed by atoms with Crippen LogP contribution in [0.3, 0.4) is 0 Å². The maximum absolute atomic E-state index is 5.94. The van der Waals surface area contributed by atoms with Crippen molar-refractivity contribution in [2.75, 3.05) is 0 Å². The standard InChI is InChI=1S/C14H18BrN3OS/c1-8(2)10-6-11(15)9(3)5-12(10)19-7-13-16-17-14(20)18(13)4/h5-6,8H,7H2,1-4H3,(H,17,20). The second-order valence-electron chi connectivity index (χ2n) is 5.09. The van der Waals surface area contributed by atoms with Crippen LogP contribution in [-0.2, 0) is 13.7 Å². The molecule has 1 heterocycles. The average Bonchev–Trinajstić information content (AvgIpc) is 2.71. The molecule has 0 aliphatic rings. The lowest BCUT2D eigenvalue weighted by molar-refractivity contribution is 0.287. The number of nitrogens with zero attached hydrogens (tertiary/aromatic N) is 2. The normalized spacial score (nSPS) is 11.1. The lowest BCUT2D eigenvalue weighted by atomic mass is 10.0. The number of benzene rings is 1. The van der Waals surface area contributed by atoms with Crippen LogP contribution in [0.25, 0.3) is 0 Å². The van der Waals surface area contributed by atoms with Crippen LogP contribution in [-0.4, -0.2) is 14.8 Å². The Balaban J connectivity index is 2.27. The highest BCUT2D eigenvalue weighted by molar-refractivity contribution is 9.10. The first kappa shape index (κ1) is 15.3. The van der Waals surface area contributed by atoms with Crippen LogP contribution in [0, 0.1) is 11.7 Å². The molecule has 20 heavy (non-hydrogen) atoms. The number of aryl methyl sites for hydroxylation is 1. The fourth-order valence-corrected chi connectivity index (χ4v) is 2.41. The molecule has 0 saturated heterocycles. The van der Waals surface area contributed by atoms with Gasteiger partial charge in [0, 0.05) is 11.5 Å². The van der Waals surface area contributed by atoms with Gasteiger partial charge in [-0.2, -0.15) is 5.10 Å². The van der Waals surface area contributed by atoms with Gasteiger partial charge in [-0.3, -0.25) is 5.10 Å². The highest BCUT2D eigenvalue weighted by atomic mass is 79.9. The Morgan fingerprint density at radius 2 is 2.15 bits per heavy atom. The molecule has 2 aromatic rings. The second kappa shape index (κ2) is 6.10. The third-order valence-electron chi connectivity index (χ3n) is 3.24. The fraction of sp³-hybridized carbons (Fsp3) is 0.429. The number of ether oxygens (including phenoxy) is 1. The molecule has 6 heteroatoms. The molecule has 0 amide bonds. The molecule has 1 N–H and O–H groups in total. The van der Waals surface area contributed by atoms with Crippen LogP contribution in [0.2, 0.25) is 0 Å². The molecule has 0 radical (unpaired) electrons. The Hall–Kier alpha value is -1.14.